The highest BCUT2D eigenvalue weighted by atomic mass is 35.5. The normalized spacial score (nSPS) is 14.8. The number of ether oxygens (including phenoxy) is 3. The molecule has 3 aromatic rings. The summed E-state index contributed by atoms with van der Waals surface area (Å²) in [4.78, 5) is 12.5. The van der Waals surface area contributed by atoms with E-state index < -0.39 is 11.9 Å². The fourth-order valence-corrected chi connectivity index (χ4v) is 3.73. The van der Waals surface area contributed by atoms with Crippen LogP contribution in [0.3, 0.4) is 0 Å². The van der Waals surface area contributed by atoms with Gasteiger partial charge in [-0.15, -0.1) is 0 Å². The van der Waals surface area contributed by atoms with Crippen LogP contribution in [0.1, 0.15) is 27.4 Å². The Hall–Kier alpha value is -3.95. The zero-order valence-corrected chi connectivity index (χ0v) is 17.2. The second-order valence-corrected chi connectivity index (χ2v) is 7.14. The molecular weight excluding hydrogens is 416 g/mol. The molecule has 6 nitrogen and oxygen atoms in total. The van der Waals surface area contributed by atoms with Crippen molar-refractivity contribution in [3.8, 4) is 23.3 Å². The average molecular weight is 433 g/mol. The number of rotatable bonds is 4. The van der Waals surface area contributed by atoms with Gasteiger partial charge in [-0.05, 0) is 24.3 Å². The molecule has 0 bridgehead atoms. The summed E-state index contributed by atoms with van der Waals surface area (Å²) in [6, 6.07) is 21.1. The third-order valence-corrected chi connectivity index (χ3v) is 5.27. The van der Waals surface area contributed by atoms with Crippen LogP contribution >= 0.6 is 11.6 Å². The molecule has 0 radical (unpaired) electrons. The number of carbonyl (C=O) groups excluding carboxylic acids is 1. The van der Waals surface area contributed by atoms with Gasteiger partial charge in [0.05, 0.1) is 23.6 Å². The SMILES string of the molecule is COc1ccccc1C1C(C#N)=C(N)Oc2cc(OC(=O)c3ccccc3Cl)ccc21. The van der Waals surface area contributed by atoms with Gasteiger partial charge in [0.1, 0.15) is 28.9 Å². The van der Waals surface area contributed by atoms with E-state index in [0.717, 1.165) is 5.56 Å². The molecule has 0 aromatic heterocycles. The molecule has 3 aromatic carbocycles. The van der Waals surface area contributed by atoms with Crippen LogP contribution in [-0.2, 0) is 0 Å². The largest absolute Gasteiger partial charge is 0.496 e. The third kappa shape index (κ3) is 3.79. The standard InChI is InChI=1S/C24H17ClN2O4/c1-29-20-9-5-3-7-16(20)22-17-11-10-14(12-21(17)31-23(27)18(22)13-26)30-24(28)15-6-2-4-8-19(15)25/h2-12,22H,27H2,1H3. The van der Waals surface area contributed by atoms with Crippen molar-refractivity contribution >= 4 is 17.6 Å². The first kappa shape index (κ1) is 20.3. The number of allylic oxidation sites excluding steroid dienone is 1. The van der Waals surface area contributed by atoms with E-state index in [4.69, 9.17) is 31.5 Å². The topological polar surface area (TPSA) is 94.6 Å². The van der Waals surface area contributed by atoms with E-state index in [1.165, 1.54) is 0 Å². The zero-order valence-electron chi connectivity index (χ0n) is 16.5. The summed E-state index contributed by atoms with van der Waals surface area (Å²) in [5.74, 6) is 0.171. The van der Waals surface area contributed by atoms with E-state index in [0.29, 0.717) is 22.1 Å². The fraction of sp³-hybridized carbons (Fsp3) is 0.0833. The van der Waals surface area contributed by atoms with Crippen LogP contribution in [0, 0.1) is 11.3 Å². The van der Waals surface area contributed by atoms with Gasteiger partial charge in [0.15, 0.2) is 0 Å². The van der Waals surface area contributed by atoms with Crippen molar-refractivity contribution in [2.75, 3.05) is 7.11 Å². The Balaban J connectivity index is 1.74. The van der Waals surface area contributed by atoms with E-state index >= 15 is 0 Å². The first-order valence-corrected chi connectivity index (χ1v) is 9.72. The van der Waals surface area contributed by atoms with Crippen molar-refractivity contribution in [3.05, 3.63) is 99.9 Å². The highest BCUT2D eigenvalue weighted by Gasteiger charge is 2.32. The van der Waals surface area contributed by atoms with Crippen molar-refractivity contribution in [2.24, 2.45) is 5.73 Å². The van der Waals surface area contributed by atoms with E-state index in [1.54, 1.807) is 49.6 Å². The summed E-state index contributed by atoms with van der Waals surface area (Å²) in [6.45, 7) is 0. The van der Waals surface area contributed by atoms with Crippen LogP contribution in [0.25, 0.3) is 0 Å². The molecule has 7 heteroatoms. The van der Waals surface area contributed by atoms with Gasteiger partial charge in [0, 0.05) is 17.2 Å². The second kappa shape index (κ2) is 8.42. The van der Waals surface area contributed by atoms with Gasteiger partial charge >= 0.3 is 5.97 Å². The molecular formula is C24H17ClN2O4. The molecule has 0 spiro atoms. The molecule has 0 amide bonds. The van der Waals surface area contributed by atoms with Crippen LogP contribution < -0.4 is 19.9 Å². The van der Waals surface area contributed by atoms with Gasteiger partial charge in [0.2, 0.25) is 5.88 Å². The summed E-state index contributed by atoms with van der Waals surface area (Å²) >= 11 is 6.08. The van der Waals surface area contributed by atoms with Gasteiger partial charge in [-0.3, -0.25) is 0 Å². The molecule has 1 atom stereocenters. The van der Waals surface area contributed by atoms with Crippen LogP contribution in [0.2, 0.25) is 5.02 Å². The lowest BCUT2D eigenvalue weighted by atomic mass is 9.83. The predicted molar refractivity (Wildman–Crippen MR) is 115 cm³/mol. The Bertz CT molecular complexity index is 1250. The quantitative estimate of drug-likeness (QED) is 0.470. The van der Waals surface area contributed by atoms with Crippen molar-refractivity contribution in [3.63, 3.8) is 0 Å². The van der Waals surface area contributed by atoms with Crippen LogP contribution in [0.5, 0.6) is 17.2 Å². The van der Waals surface area contributed by atoms with Crippen molar-refractivity contribution in [1.82, 2.24) is 0 Å². The lowest BCUT2D eigenvalue weighted by molar-refractivity contribution is 0.0734. The number of esters is 1. The van der Waals surface area contributed by atoms with Gasteiger partial charge in [0.25, 0.3) is 0 Å². The van der Waals surface area contributed by atoms with Crippen molar-refractivity contribution in [2.45, 2.75) is 5.92 Å². The summed E-state index contributed by atoms with van der Waals surface area (Å²) in [7, 11) is 1.56. The minimum Gasteiger partial charge on any atom is -0.496 e. The number of nitrogens with zero attached hydrogens (tertiary/aromatic N) is 1. The van der Waals surface area contributed by atoms with Gasteiger partial charge < -0.3 is 19.9 Å². The van der Waals surface area contributed by atoms with Gasteiger partial charge in [-0.2, -0.15) is 5.26 Å². The Morgan fingerprint density at radius 3 is 2.58 bits per heavy atom. The number of halogens is 1. The molecule has 4 rings (SSSR count). The maximum absolute atomic E-state index is 12.5. The monoisotopic (exact) mass is 432 g/mol. The maximum Gasteiger partial charge on any atom is 0.345 e. The van der Waals surface area contributed by atoms with Gasteiger partial charge in [-0.25, -0.2) is 4.79 Å². The molecule has 1 heterocycles. The highest BCUT2D eigenvalue weighted by Crippen LogP contribution is 2.45. The van der Waals surface area contributed by atoms with Crippen molar-refractivity contribution in [1.29, 1.82) is 5.26 Å². The molecule has 0 saturated carbocycles. The van der Waals surface area contributed by atoms with Crippen molar-refractivity contribution < 1.29 is 19.0 Å². The van der Waals surface area contributed by atoms with Crippen LogP contribution in [-0.4, -0.2) is 13.1 Å². The smallest absolute Gasteiger partial charge is 0.345 e. The van der Waals surface area contributed by atoms with E-state index in [1.807, 2.05) is 24.3 Å². The summed E-state index contributed by atoms with van der Waals surface area (Å²) in [5, 5.41) is 10.0. The molecule has 0 saturated heterocycles. The van der Waals surface area contributed by atoms with E-state index in [9.17, 15) is 10.1 Å². The molecule has 154 valence electrons. The van der Waals surface area contributed by atoms with E-state index in [2.05, 4.69) is 6.07 Å². The lowest BCUT2D eigenvalue weighted by Gasteiger charge is -2.27. The molecule has 1 aliphatic heterocycles. The molecule has 0 aliphatic carbocycles. The summed E-state index contributed by atoms with van der Waals surface area (Å²) in [5.41, 5.74) is 8.06. The lowest BCUT2D eigenvalue weighted by Crippen LogP contribution is -2.21. The number of para-hydroxylation sites is 1. The number of hydrogen-bond acceptors (Lipinski definition) is 6. The van der Waals surface area contributed by atoms with Gasteiger partial charge in [-0.1, -0.05) is 48.0 Å². The molecule has 0 fully saturated rings. The number of nitrogens with two attached hydrogens (primary N) is 1. The molecule has 2 N–H and O–H groups in total. The number of nitriles is 1. The second-order valence-electron chi connectivity index (χ2n) is 6.74. The number of carbonyl (C=O) groups is 1. The molecule has 31 heavy (non-hydrogen) atoms. The number of benzene rings is 3. The predicted octanol–water partition coefficient (Wildman–Crippen LogP) is 4.79. The van der Waals surface area contributed by atoms with E-state index in [-0.39, 0.29) is 22.8 Å². The Morgan fingerprint density at radius 1 is 1.10 bits per heavy atom. The Labute approximate surface area is 184 Å². The summed E-state index contributed by atoms with van der Waals surface area (Å²) in [6.07, 6.45) is 0. The zero-order chi connectivity index (χ0) is 22.0. The number of hydrogen-bond donors (Lipinski definition) is 1. The minimum absolute atomic E-state index is 0.0134. The summed E-state index contributed by atoms with van der Waals surface area (Å²) < 4.78 is 16.6. The first-order chi connectivity index (χ1) is 15.0. The Kier molecular flexibility index (Phi) is 5.52. The molecule has 1 unspecified atom stereocenters. The molecule has 1 aliphatic rings. The number of methoxy groups -OCH3 is 1. The average Bonchev–Trinajstić information content (AvgIpc) is 2.78. The minimum atomic E-state index is -0.594. The number of fused-ring (bicyclic) bond motifs is 1. The van der Waals surface area contributed by atoms with Crippen LogP contribution in [0.15, 0.2) is 78.2 Å². The highest BCUT2D eigenvalue weighted by molar-refractivity contribution is 6.33. The Morgan fingerprint density at radius 2 is 1.84 bits per heavy atom. The fourth-order valence-electron chi connectivity index (χ4n) is 3.51. The van der Waals surface area contributed by atoms with Crippen LogP contribution in [0.4, 0.5) is 0 Å². The third-order valence-electron chi connectivity index (χ3n) is 4.94. The first-order valence-electron chi connectivity index (χ1n) is 9.34. The maximum atomic E-state index is 12.5.